The normalized spacial score (nSPS) is 20.6. The lowest BCUT2D eigenvalue weighted by Gasteiger charge is -2.18. The van der Waals surface area contributed by atoms with Crippen molar-refractivity contribution in [3.05, 3.63) is 42.5 Å². The number of rotatable bonds is 2. The van der Waals surface area contributed by atoms with E-state index in [1.807, 2.05) is 0 Å². The smallest absolute Gasteiger partial charge is 0.0422 e. The van der Waals surface area contributed by atoms with Crippen LogP contribution in [0.15, 0.2) is 42.5 Å². The number of hydrogen-bond acceptors (Lipinski definition) is 2. The first-order valence-corrected chi connectivity index (χ1v) is 6.88. The van der Waals surface area contributed by atoms with Crippen molar-refractivity contribution in [2.75, 3.05) is 18.4 Å². The van der Waals surface area contributed by atoms with Crippen molar-refractivity contribution >= 4 is 16.5 Å². The summed E-state index contributed by atoms with van der Waals surface area (Å²) in [4.78, 5) is 0. The fourth-order valence-corrected chi connectivity index (χ4v) is 2.73. The molecule has 1 heterocycles. The molecule has 1 saturated heterocycles. The van der Waals surface area contributed by atoms with Crippen molar-refractivity contribution < 1.29 is 0 Å². The van der Waals surface area contributed by atoms with Crippen LogP contribution in [0.1, 0.15) is 19.3 Å². The average molecular weight is 240 g/mol. The molecular formula is C16H20N2. The number of hydrogen-bond donors (Lipinski definition) is 2. The second-order valence-corrected chi connectivity index (χ2v) is 5.05. The summed E-state index contributed by atoms with van der Waals surface area (Å²) in [5.74, 6) is 0. The molecule has 0 radical (unpaired) electrons. The van der Waals surface area contributed by atoms with Gasteiger partial charge in [0.25, 0.3) is 0 Å². The lowest BCUT2D eigenvalue weighted by Crippen LogP contribution is -2.21. The predicted octanol–water partition coefficient (Wildman–Crippen LogP) is 3.39. The van der Waals surface area contributed by atoms with Crippen molar-refractivity contribution in [1.29, 1.82) is 0 Å². The number of benzene rings is 2. The Bertz CT molecular complexity index is 508. The molecule has 1 aliphatic heterocycles. The van der Waals surface area contributed by atoms with Crippen molar-refractivity contribution in [1.82, 2.24) is 5.32 Å². The van der Waals surface area contributed by atoms with Gasteiger partial charge in [0.05, 0.1) is 0 Å². The van der Waals surface area contributed by atoms with E-state index >= 15 is 0 Å². The lowest BCUT2D eigenvalue weighted by molar-refractivity contribution is 0.638. The summed E-state index contributed by atoms with van der Waals surface area (Å²) in [7, 11) is 0. The van der Waals surface area contributed by atoms with Gasteiger partial charge >= 0.3 is 0 Å². The Hall–Kier alpha value is -1.54. The lowest BCUT2D eigenvalue weighted by atomic mass is 10.1. The Morgan fingerprint density at radius 3 is 2.83 bits per heavy atom. The molecule has 94 valence electrons. The van der Waals surface area contributed by atoms with E-state index in [4.69, 9.17) is 0 Å². The second kappa shape index (κ2) is 5.40. The molecule has 1 aliphatic rings. The van der Waals surface area contributed by atoms with Crippen molar-refractivity contribution in [3.63, 3.8) is 0 Å². The van der Waals surface area contributed by atoms with Crippen LogP contribution in [0.25, 0.3) is 10.8 Å². The minimum absolute atomic E-state index is 0.603. The van der Waals surface area contributed by atoms with Crippen LogP contribution < -0.4 is 10.6 Å². The highest BCUT2D eigenvalue weighted by Gasteiger charge is 2.12. The topological polar surface area (TPSA) is 24.1 Å². The maximum atomic E-state index is 3.72. The second-order valence-electron chi connectivity index (χ2n) is 5.05. The summed E-state index contributed by atoms with van der Waals surface area (Å²) in [5, 5.41) is 9.83. The van der Waals surface area contributed by atoms with Gasteiger partial charge in [-0.15, -0.1) is 0 Å². The van der Waals surface area contributed by atoms with Crippen molar-refractivity contribution in [2.24, 2.45) is 0 Å². The standard InChI is InChI=1S/C16H20N2/c1-2-8-15-13(5-1)6-3-9-16(15)18-14-7-4-11-17-12-10-14/h1-3,5-6,8-9,14,17-18H,4,7,10-12H2. The molecule has 3 rings (SSSR count). The molecule has 0 aliphatic carbocycles. The Labute approximate surface area is 108 Å². The largest absolute Gasteiger partial charge is 0.382 e. The van der Waals surface area contributed by atoms with Gasteiger partial charge in [-0.05, 0) is 43.8 Å². The molecular weight excluding hydrogens is 220 g/mol. The van der Waals surface area contributed by atoms with Gasteiger partial charge in [0.1, 0.15) is 0 Å². The van der Waals surface area contributed by atoms with E-state index in [0.29, 0.717) is 6.04 Å². The molecule has 2 aromatic carbocycles. The monoisotopic (exact) mass is 240 g/mol. The first-order chi connectivity index (χ1) is 8.93. The van der Waals surface area contributed by atoms with Gasteiger partial charge in [0.2, 0.25) is 0 Å². The fourth-order valence-electron chi connectivity index (χ4n) is 2.73. The zero-order valence-corrected chi connectivity index (χ0v) is 10.7. The summed E-state index contributed by atoms with van der Waals surface area (Å²) < 4.78 is 0. The minimum Gasteiger partial charge on any atom is -0.382 e. The number of anilines is 1. The summed E-state index contributed by atoms with van der Waals surface area (Å²) in [6, 6.07) is 15.7. The van der Waals surface area contributed by atoms with E-state index in [1.165, 1.54) is 35.7 Å². The molecule has 0 saturated carbocycles. The van der Waals surface area contributed by atoms with Gasteiger partial charge in [-0.2, -0.15) is 0 Å². The zero-order valence-electron chi connectivity index (χ0n) is 10.7. The SMILES string of the molecule is c1ccc2c(NC3CCCNCC3)cccc2c1. The molecule has 2 aromatic rings. The molecule has 1 unspecified atom stereocenters. The van der Waals surface area contributed by atoms with Gasteiger partial charge < -0.3 is 10.6 Å². The Kier molecular flexibility index (Phi) is 3.47. The van der Waals surface area contributed by atoms with Crippen molar-refractivity contribution in [2.45, 2.75) is 25.3 Å². The Morgan fingerprint density at radius 2 is 1.83 bits per heavy atom. The quantitative estimate of drug-likeness (QED) is 0.840. The highest BCUT2D eigenvalue weighted by atomic mass is 14.9. The summed E-state index contributed by atoms with van der Waals surface area (Å²) in [5.41, 5.74) is 1.28. The van der Waals surface area contributed by atoms with E-state index in [9.17, 15) is 0 Å². The van der Waals surface area contributed by atoms with Crippen LogP contribution in [-0.2, 0) is 0 Å². The van der Waals surface area contributed by atoms with E-state index in [-0.39, 0.29) is 0 Å². The van der Waals surface area contributed by atoms with E-state index in [2.05, 4.69) is 53.1 Å². The van der Waals surface area contributed by atoms with E-state index in [1.54, 1.807) is 0 Å². The zero-order chi connectivity index (χ0) is 12.2. The highest BCUT2D eigenvalue weighted by molar-refractivity contribution is 5.93. The third kappa shape index (κ3) is 2.49. The van der Waals surface area contributed by atoms with Crippen LogP contribution in [0, 0.1) is 0 Å². The van der Waals surface area contributed by atoms with Gasteiger partial charge in [0.15, 0.2) is 0 Å². The van der Waals surface area contributed by atoms with E-state index < -0.39 is 0 Å². The van der Waals surface area contributed by atoms with Crippen molar-refractivity contribution in [3.8, 4) is 0 Å². The van der Waals surface area contributed by atoms with Gasteiger partial charge in [-0.25, -0.2) is 0 Å². The maximum absolute atomic E-state index is 3.72. The van der Waals surface area contributed by atoms with E-state index in [0.717, 1.165) is 13.1 Å². The van der Waals surface area contributed by atoms with Crippen LogP contribution in [0.5, 0.6) is 0 Å². The first-order valence-electron chi connectivity index (χ1n) is 6.88. The Morgan fingerprint density at radius 1 is 0.944 bits per heavy atom. The van der Waals surface area contributed by atoms with Crippen LogP contribution in [-0.4, -0.2) is 19.1 Å². The Balaban J connectivity index is 1.85. The van der Waals surface area contributed by atoms with Crippen LogP contribution in [0.2, 0.25) is 0 Å². The number of fused-ring (bicyclic) bond motifs is 1. The third-order valence-corrected chi connectivity index (χ3v) is 3.72. The third-order valence-electron chi connectivity index (χ3n) is 3.72. The molecule has 0 amide bonds. The predicted molar refractivity (Wildman–Crippen MR) is 78.1 cm³/mol. The van der Waals surface area contributed by atoms with Gasteiger partial charge in [-0.3, -0.25) is 0 Å². The summed E-state index contributed by atoms with van der Waals surface area (Å²) >= 11 is 0. The molecule has 0 bridgehead atoms. The van der Waals surface area contributed by atoms with Gasteiger partial charge in [-0.1, -0.05) is 36.4 Å². The van der Waals surface area contributed by atoms with Crippen LogP contribution in [0.4, 0.5) is 5.69 Å². The molecule has 1 atom stereocenters. The summed E-state index contributed by atoms with van der Waals surface area (Å²) in [6.45, 7) is 2.29. The number of nitrogens with one attached hydrogen (secondary N) is 2. The molecule has 0 aromatic heterocycles. The fraction of sp³-hybridized carbons (Fsp3) is 0.375. The first kappa shape index (κ1) is 11.5. The minimum atomic E-state index is 0.603. The summed E-state index contributed by atoms with van der Waals surface area (Å²) in [6.07, 6.45) is 3.74. The highest BCUT2D eigenvalue weighted by Crippen LogP contribution is 2.24. The average Bonchev–Trinajstić information content (AvgIpc) is 2.68. The molecule has 18 heavy (non-hydrogen) atoms. The molecule has 2 N–H and O–H groups in total. The van der Waals surface area contributed by atoms with Crippen LogP contribution in [0.3, 0.4) is 0 Å². The molecule has 1 fully saturated rings. The maximum Gasteiger partial charge on any atom is 0.0422 e. The molecule has 2 nitrogen and oxygen atoms in total. The molecule has 0 spiro atoms. The van der Waals surface area contributed by atoms with Gasteiger partial charge in [0, 0.05) is 17.1 Å². The molecule has 2 heteroatoms. The van der Waals surface area contributed by atoms with Crippen LogP contribution >= 0.6 is 0 Å².